The highest BCUT2D eigenvalue weighted by molar-refractivity contribution is 5.91. The summed E-state index contributed by atoms with van der Waals surface area (Å²) in [6, 6.07) is 5.33. The van der Waals surface area contributed by atoms with Gasteiger partial charge in [-0.3, -0.25) is 4.79 Å². The van der Waals surface area contributed by atoms with Crippen molar-refractivity contribution < 1.29 is 14.3 Å². The summed E-state index contributed by atoms with van der Waals surface area (Å²) in [7, 11) is 3.15. The molecular formula is C14H21NO3. The van der Waals surface area contributed by atoms with E-state index < -0.39 is 0 Å². The highest BCUT2D eigenvalue weighted by atomic mass is 16.5. The lowest BCUT2D eigenvalue weighted by atomic mass is 10.1. The van der Waals surface area contributed by atoms with E-state index >= 15 is 0 Å². The van der Waals surface area contributed by atoms with E-state index in [9.17, 15) is 4.79 Å². The van der Waals surface area contributed by atoms with Gasteiger partial charge in [0.1, 0.15) is 0 Å². The van der Waals surface area contributed by atoms with E-state index in [1.165, 1.54) is 0 Å². The van der Waals surface area contributed by atoms with Crippen LogP contribution in [0.5, 0.6) is 11.5 Å². The number of hydrogen-bond donors (Lipinski definition) is 1. The minimum absolute atomic E-state index is 0.0240. The Morgan fingerprint density at radius 1 is 1.22 bits per heavy atom. The lowest BCUT2D eigenvalue weighted by Crippen LogP contribution is -2.12. The van der Waals surface area contributed by atoms with E-state index in [1.54, 1.807) is 32.4 Å². The molecule has 100 valence electrons. The second-order valence-electron chi connectivity index (χ2n) is 4.55. The molecule has 0 spiro atoms. The molecule has 0 aliphatic rings. The monoisotopic (exact) mass is 251 g/mol. The number of carbonyl (C=O) groups is 1. The third-order valence-corrected chi connectivity index (χ3v) is 2.62. The van der Waals surface area contributed by atoms with Crippen LogP contribution in [0.25, 0.3) is 0 Å². The molecule has 1 aromatic carbocycles. The van der Waals surface area contributed by atoms with Crippen molar-refractivity contribution >= 4 is 11.6 Å². The van der Waals surface area contributed by atoms with Crippen molar-refractivity contribution in [3.8, 4) is 11.5 Å². The Hall–Kier alpha value is -1.71. The average Bonchev–Trinajstić information content (AvgIpc) is 2.36. The molecule has 0 fully saturated rings. The smallest absolute Gasteiger partial charge is 0.224 e. The molecule has 0 saturated carbocycles. The lowest BCUT2D eigenvalue weighted by molar-refractivity contribution is -0.116. The van der Waals surface area contributed by atoms with Crippen molar-refractivity contribution in [2.45, 2.75) is 26.7 Å². The normalized spacial score (nSPS) is 10.3. The van der Waals surface area contributed by atoms with Gasteiger partial charge in [-0.25, -0.2) is 0 Å². The van der Waals surface area contributed by atoms with Gasteiger partial charge in [-0.1, -0.05) is 13.8 Å². The number of nitrogens with one attached hydrogen (secondary N) is 1. The highest BCUT2D eigenvalue weighted by Gasteiger charge is 2.07. The molecule has 1 N–H and O–H groups in total. The van der Waals surface area contributed by atoms with E-state index in [2.05, 4.69) is 19.2 Å². The maximum atomic E-state index is 11.7. The van der Waals surface area contributed by atoms with E-state index in [-0.39, 0.29) is 5.91 Å². The molecule has 0 heterocycles. The number of carbonyl (C=O) groups excluding carboxylic acids is 1. The first kappa shape index (κ1) is 14.4. The SMILES string of the molecule is COc1ccc(NC(=O)CCC(C)C)cc1OC. The molecule has 4 heteroatoms. The second-order valence-corrected chi connectivity index (χ2v) is 4.55. The van der Waals surface area contributed by atoms with Gasteiger partial charge in [-0.15, -0.1) is 0 Å². The topological polar surface area (TPSA) is 47.6 Å². The molecule has 1 aromatic rings. The second kappa shape index (κ2) is 6.89. The Balaban J connectivity index is 2.64. The van der Waals surface area contributed by atoms with Crippen molar-refractivity contribution in [3.05, 3.63) is 18.2 Å². The number of amides is 1. The van der Waals surface area contributed by atoms with Gasteiger partial charge < -0.3 is 14.8 Å². The molecule has 0 aliphatic carbocycles. The minimum Gasteiger partial charge on any atom is -0.493 e. The predicted octanol–water partition coefficient (Wildman–Crippen LogP) is 3.08. The molecule has 4 nitrogen and oxygen atoms in total. The Kier molecular flexibility index (Phi) is 5.49. The van der Waals surface area contributed by atoms with Crippen LogP contribution in [0.3, 0.4) is 0 Å². The Morgan fingerprint density at radius 3 is 2.44 bits per heavy atom. The Bertz CT molecular complexity index is 402. The summed E-state index contributed by atoms with van der Waals surface area (Å²) in [5.41, 5.74) is 0.724. The molecule has 0 unspecified atom stereocenters. The van der Waals surface area contributed by atoms with Crippen molar-refractivity contribution in [2.24, 2.45) is 5.92 Å². The molecular weight excluding hydrogens is 230 g/mol. The molecule has 1 rings (SSSR count). The molecule has 0 atom stereocenters. The molecule has 0 radical (unpaired) electrons. The van der Waals surface area contributed by atoms with Gasteiger partial charge in [0.15, 0.2) is 11.5 Å². The van der Waals surface area contributed by atoms with Crippen molar-refractivity contribution in [2.75, 3.05) is 19.5 Å². The van der Waals surface area contributed by atoms with Gasteiger partial charge in [-0.05, 0) is 24.5 Å². The van der Waals surface area contributed by atoms with Crippen LogP contribution in [-0.2, 0) is 4.79 Å². The Morgan fingerprint density at radius 2 is 1.89 bits per heavy atom. The molecule has 0 bridgehead atoms. The minimum atomic E-state index is 0.0240. The van der Waals surface area contributed by atoms with Gasteiger partial charge in [0.05, 0.1) is 14.2 Å². The zero-order chi connectivity index (χ0) is 13.5. The predicted molar refractivity (Wildman–Crippen MR) is 72.2 cm³/mol. The summed E-state index contributed by atoms with van der Waals surface area (Å²) in [5.74, 6) is 1.81. The van der Waals surface area contributed by atoms with Crippen LogP contribution in [0.4, 0.5) is 5.69 Å². The summed E-state index contributed by atoms with van der Waals surface area (Å²) < 4.78 is 10.3. The molecule has 18 heavy (non-hydrogen) atoms. The first-order valence-electron chi connectivity index (χ1n) is 6.08. The zero-order valence-corrected chi connectivity index (χ0v) is 11.4. The van der Waals surface area contributed by atoms with Gasteiger partial charge in [-0.2, -0.15) is 0 Å². The van der Waals surface area contributed by atoms with Crippen LogP contribution < -0.4 is 14.8 Å². The third-order valence-electron chi connectivity index (χ3n) is 2.62. The highest BCUT2D eigenvalue weighted by Crippen LogP contribution is 2.29. The quantitative estimate of drug-likeness (QED) is 0.845. The van der Waals surface area contributed by atoms with Gasteiger partial charge in [0.25, 0.3) is 0 Å². The van der Waals surface area contributed by atoms with Crippen LogP contribution in [0.1, 0.15) is 26.7 Å². The summed E-state index contributed by atoms with van der Waals surface area (Å²) in [6.45, 7) is 4.20. The number of hydrogen-bond acceptors (Lipinski definition) is 3. The molecule has 1 amide bonds. The standard InChI is InChI=1S/C14H21NO3/c1-10(2)5-8-14(16)15-11-6-7-12(17-3)13(9-11)18-4/h6-7,9-10H,5,8H2,1-4H3,(H,15,16). The largest absolute Gasteiger partial charge is 0.493 e. The molecule has 0 aliphatic heterocycles. The van der Waals surface area contributed by atoms with Crippen LogP contribution in [0.15, 0.2) is 18.2 Å². The summed E-state index contributed by atoms with van der Waals surface area (Å²) in [5, 5.41) is 2.85. The molecule has 0 saturated heterocycles. The molecule has 0 aromatic heterocycles. The van der Waals surface area contributed by atoms with E-state index in [1.807, 2.05) is 0 Å². The number of ether oxygens (including phenoxy) is 2. The first-order valence-corrected chi connectivity index (χ1v) is 6.08. The fourth-order valence-electron chi connectivity index (χ4n) is 1.56. The van der Waals surface area contributed by atoms with Crippen molar-refractivity contribution in [3.63, 3.8) is 0 Å². The van der Waals surface area contributed by atoms with E-state index in [0.29, 0.717) is 23.8 Å². The number of anilines is 1. The fourth-order valence-corrected chi connectivity index (χ4v) is 1.56. The lowest BCUT2D eigenvalue weighted by Gasteiger charge is -2.11. The zero-order valence-electron chi connectivity index (χ0n) is 11.4. The summed E-state index contributed by atoms with van der Waals surface area (Å²) in [6.07, 6.45) is 1.42. The number of benzene rings is 1. The number of rotatable bonds is 6. The van der Waals surface area contributed by atoms with Crippen molar-refractivity contribution in [1.82, 2.24) is 0 Å². The average molecular weight is 251 g/mol. The van der Waals surface area contributed by atoms with Gasteiger partial charge in [0.2, 0.25) is 5.91 Å². The first-order chi connectivity index (χ1) is 8.56. The van der Waals surface area contributed by atoms with Crippen LogP contribution in [-0.4, -0.2) is 20.1 Å². The van der Waals surface area contributed by atoms with Gasteiger partial charge >= 0.3 is 0 Å². The maximum Gasteiger partial charge on any atom is 0.224 e. The van der Waals surface area contributed by atoms with Crippen LogP contribution >= 0.6 is 0 Å². The van der Waals surface area contributed by atoms with Crippen LogP contribution in [0, 0.1) is 5.92 Å². The van der Waals surface area contributed by atoms with Crippen molar-refractivity contribution in [1.29, 1.82) is 0 Å². The fraction of sp³-hybridized carbons (Fsp3) is 0.500. The van der Waals surface area contributed by atoms with E-state index in [4.69, 9.17) is 9.47 Å². The summed E-state index contributed by atoms with van der Waals surface area (Å²) in [4.78, 5) is 11.7. The Labute approximate surface area is 108 Å². The van der Waals surface area contributed by atoms with Gasteiger partial charge in [0, 0.05) is 18.2 Å². The van der Waals surface area contributed by atoms with E-state index in [0.717, 1.165) is 12.1 Å². The third kappa shape index (κ3) is 4.28. The van der Waals surface area contributed by atoms with Crippen LogP contribution in [0.2, 0.25) is 0 Å². The maximum absolute atomic E-state index is 11.7. The number of methoxy groups -OCH3 is 2. The summed E-state index contributed by atoms with van der Waals surface area (Å²) >= 11 is 0.